The zero-order valence-corrected chi connectivity index (χ0v) is 17.3. The van der Waals surface area contributed by atoms with E-state index in [4.69, 9.17) is 5.11 Å². The number of hydrogen-bond acceptors (Lipinski definition) is 3. The van der Waals surface area contributed by atoms with Gasteiger partial charge >= 0.3 is 5.97 Å². The summed E-state index contributed by atoms with van der Waals surface area (Å²) in [5.74, 6) is -2.37. The van der Waals surface area contributed by atoms with Crippen molar-refractivity contribution in [3.05, 3.63) is 96.1 Å². The van der Waals surface area contributed by atoms with Crippen LogP contribution in [0.25, 0.3) is 11.1 Å². The van der Waals surface area contributed by atoms with Gasteiger partial charge in [0.1, 0.15) is 6.04 Å². The van der Waals surface area contributed by atoms with Crippen LogP contribution >= 0.6 is 0 Å². The van der Waals surface area contributed by atoms with Crippen molar-refractivity contribution in [2.45, 2.75) is 25.8 Å². The molecule has 0 heterocycles. The molecule has 0 aliphatic heterocycles. The number of Topliss-reactive ketones (excluding diaryl/α,β-unsaturated/α-hetero) is 1. The number of hydrogen-bond donors (Lipinski definition) is 2. The molecule has 0 aliphatic rings. The average molecular weight is 415 g/mol. The second kappa shape index (κ2) is 10.3. The van der Waals surface area contributed by atoms with Crippen LogP contribution in [0.5, 0.6) is 0 Å². The lowest BCUT2D eigenvalue weighted by Gasteiger charge is -2.18. The molecule has 1 amide bonds. The minimum Gasteiger partial charge on any atom is -0.480 e. The summed E-state index contributed by atoms with van der Waals surface area (Å²) in [6, 6.07) is 25.6. The minimum absolute atomic E-state index is 0.00260. The molecular weight excluding hydrogens is 390 g/mol. The quantitative estimate of drug-likeness (QED) is 0.508. The van der Waals surface area contributed by atoms with Gasteiger partial charge in [0, 0.05) is 17.9 Å². The van der Waals surface area contributed by atoms with E-state index >= 15 is 0 Å². The lowest BCUT2D eigenvalue weighted by atomic mass is 9.90. The maximum absolute atomic E-state index is 12.8. The van der Waals surface area contributed by atoms with Crippen LogP contribution in [0.15, 0.2) is 84.9 Å². The fourth-order valence-corrected chi connectivity index (χ4v) is 3.36. The van der Waals surface area contributed by atoms with Gasteiger partial charge in [0.25, 0.3) is 0 Å². The second-order valence-electron chi connectivity index (χ2n) is 7.53. The Bertz CT molecular complexity index is 1030. The zero-order chi connectivity index (χ0) is 22.2. The van der Waals surface area contributed by atoms with Crippen LogP contribution < -0.4 is 5.32 Å². The van der Waals surface area contributed by atoms with Gasteiger partial charge in [0.2, 0.25) is 5.91 Å². The third-order valence-electron chi connectivity index (χ3n) is 5.17. The maximum atomic E-state index is 12.8. The van der Waals surface area contributed by atoms with Gasteiger partial charge < -0.3 is 10.4 Å². The number of aliphatic carboxylic acids is 1. The molecule has 5 nitrogen and oxygen atoms in total. The molecule has 5 heteroatoms. The summed E-state index contributed by atoms with van der Waals surface area (Å²) in [6.07, 6.45) is 0.342. The molecule has 158 valence electrons. The van der Waals surface area contributed by atoms with E-state index in [2.05, 4.69) is 5.32 Å². The normalized spacial score (nSPS) is 12.5. The molecule has 31 heavy (non-hydrogen) atoms. The van der Waals surface area contributed by atoms with E-state index < -0.39 is 23.8 Å². The predicted octanol–water partition coefficient (Wildman–Crippen LogP) is 4.37. The third-order valence-corrected chi connectivity index (χ3v) is 5.17. The summed E-state index contributed by atoms with van der Waals surface area (Å²) in [4.78, 5) is 36.7. The second-order valence-corrected chi connectivity index (χ2v) is 7.53. The summed E-state index contributed by atoms with van der Waals surface area (Å²) in [7, 11) is 0. The first-order chi connectivity index (χ1) is 14.9. The lowest BCUT2D eigenvalue weighted by molar-refractivity contribution is -0.141. The number of nitrogens with one attached hydrogen (secondary N) is 1. The first-order valence-electron chi connectivity index (χ1n) is 10.2. The van der Waals surface area contributed by atoms with Gasteiger partial charge in [0.15, 0.2) is 5.78 Å². The van der Waals surface area contributed by atoms with Crippen molar-refractivity contribution in [1.29, 1.82) is 0 Å². The summed E-state index contributed by atoms with van der Waals surface area (Å²) in [5.41, 5.74) is 3.60. The Morgan fingerprint density at radius 3 is 1.94 bits per heavy atom. The number of ketones is 1. The summed E-state index contributed by atoms with van der Waals surface area (Å²) < 4.78 is 0. The molecule has 0 saturated carbocycles. The molecule has 2 N–H and O–H groups in total. The van der Waals surface area contributed by atoms with Crippen LogP contribution in [0.2, 0.25) is 0 Å². The van der Waals surface area contributed by atoms with Gasteiger partial charge in [-0.25, -0.2) is 0 Å². The van der Waals surface area contributed by atoms with Gasteiger partial charge in [-0.15, -0.1) is 0 Å². The van der Waals surface area contributed by atoms with Crippen LogP contribution in [0.1, 0.15) is 29.3 Å². The molecule has 2 atom stereocenters. The van der Waals surface area contributed by atoms with Crippen molar-refractivity contribution < 1.29 is 19.5 Å². The van der Waals surface area contributed by atoms with Crippen LogP contribution in [-0.4, -0.2) is 28.8 Å². The highest BCUT2D eigenvalue weighted by atomic mass is 16.4. The fourth-order valence-electron chi connectivity index (χ4n) is 3.36. The van der Waals surface area contributed by atoms with Crippen molar-refractivity contribution in [1.82, 2.24) is 5.32 Å². The number of benzene rings is 3. The van der Waals surface area contributed by atoms with Gasteiger partial charge in [-0.3, -0.25) is 14.4 Å². The average Bonchev–Trinajstić information content (AvgIpc) is 2.80. The van der Waals surface area contributed by atoms with Gasteiger partial charge in [-0.1, -0.05) is 84.9 Å². The van der Waals surface area contributed by atoms with E-state index in [0.717, 1.165) is 16.7 Å². The Balaban J connectivity index is 1.77. The fraction of sp³-hybridized carbons (Fsp3) is 0.192. The molecule has 0 radical (unpaired) electrons. The van der Waals surface area contributed by atoms with E-state index in [0.29, 0.717) is 12.0 Å². The third kappa shape index (κ3) is 6.12. The van der Waals surface area contributed by atoms with Crippen molar-refractivity contribution in [3.8, 4) is 11.1 Å². The number of rotatable bonds is 9. The molecule has 0 unspecified atom stereocenters. The van der Waals surface area contributed by atoms with Crippen LogP contribution in [0, 0.1) is 5.92 Å². The summed E-state index contributed by atoms with van der Waals surface area (Å²) in [5, 5.41) is 11.6. The summed E-state index contributed by atoms with van der Waals surface area (Å²) in [6.45, 7) is 1.41. The van der Waals surface area contributed by atoms with Gasteiger partial charge in [-0.05, 0) is 30.0 Å². The topological polar surface area (TPSA) is 83.5 Å². The number of carboxylic acid groups (broad SMARTS) is 1. The van der Waals surface area contributed by atoms with E-state index in [9.17, 15) is 14.4 Å². The van der Waals surface area contributed by atoms with E-state index in [1.807, 2.05) is 60.7 Å². The minimum atomic E-state index is -1.12. The van der Waals surface area contributed by atoms with Crippen molar-refractivity contribution in [2.24, 2.45) is 5.92 Å². The predicted molar refractivity (Wildman–Crippen MR) is 120 cm³/mol. The number of carbonyl (C=O) groups excluding carboxylic acids is 2. The molecule has 0 bridgehead atoms. The molecule has 3 aromatic carbocycles. The van der Waals surface area contributed by atoms with Crippen LogP contribution in [0.3, 0.4) is 0 Å². The smallest absolute Gasteiger partial charge is 0.325 e. The highest BCUT2D eigenvalue weighted by Gasteiger charge is 2.25. The lowest BCUT2D eigenvalue weighted by Crippen LogP contribution is -2.42. The highest BCUT2D eigenvalue weighted by Crippen LogP contribution is 2.22. The molecule has 3 aromatic rings. The Morgan fingerprint density at radius 2 is 1.35 bits per heavy atom. The maximum Gasteiger partial charge on any atom is 0.325 e. The van der Waals surface area contributed by atoms with E-state index in [-0.39, 0.29) is 12.2 Å². The molecule has 0 spiro atoms. The van der Waals surface area contributed by atoms with Crippen molar-refractivity contribution >= 4 is 17.7 Å². The Morgan fingerprint density at radius 1 is 0.806 bits per heavy atom. The van der Waals surface area contributed by atoms with Crippen LogP contribution in [-0.2, 0) is 16.0 Å². The molecule has 0 aliphatic carbocycles. The molecular formula is C26H25NO4. The number of carboxylic acids is 1. The van der Waals surface area contributed by atoms with Gasteiger partial charge in [0.05, 0.1) is 0 Å². The molecule has 0 fully saturated rings. The van der Waals surface area contributed by atoms with Crippen molar-refractivity contribution in [2.75, 3.05) is 0 Å². The SMILES string of the molecule is C[C@H](NC(=O)[C@H](CC(=O)c1ccccc1)Cc1ccc(-c2ccccc2)cc1)C(=O)O. The zero-order valence-electron chi connectivity index (χ0n) is 17.3. The largest absolute Gasteiger partial charge is 0.480 e. The Kier molecular flexibility index (Phi) is 7.33. The molecule has 3 rings (SSSR count). The summed E-state index contributed by atoms with van der Waals surface area (Å²) >= 11 is 0. The Hall–Kier alpha value is -3.73. The first-order valence-corrected chi connectivity index (χ1v) is 10.2. The Labute approximate surface area is 181 Å². The first kappa shape index (κ1) is 22.0. The standard InChI is InChI=1S/C26H25NO4/c1-18(26(30)31)27-25(29)23(17-24(28)22-10-6-3-7-11-22)16-19-12-14-21(15-13-19)20-8-4-2-5-9-20/h2-15,18,23H,16-17H2,1H3,(H,27,29)(H,30,31)/t18-,23-/m0/s1. The van der Waals surface area contributed by atoms with Crippen LogP contribution in [0.4, 0.5) is 0 Å². The highest BCUT2D eigenvalue weighted by molar-refractivity contribution is 5.99. The molecule has 0 saturated heterocycles. The van der Waals surface area contributed by atoms with E-state index in [1.54, 1.807) is 24.3 Å². The molecule has 0 aromatic heterocycles. The number of carbonyl (C=O) groups is 3. The monoisotopic (exact) mass is 415 g/mol. The van der Waals surface area contributed by atoms with E-state index in [1.165, 1.54) is 6.92 Å². The van der Waals surface area contributed by atoms with Crippen molar-refractivity contribution in [3.63, 3.8) is 0 Å². The number of amides is 1. The van der Waals surface area contributed by atoms with Gasteiger partial charge in [-0.2, -0.15) is 0 Å².